The quantitative estimate of drug-likeness (QED) is 0.658. The lowest BCUT2D eigenvalue weighted by Gasteiger charge is -2.36. The first-order valence-electron chi connectivity index (χ1n) is 6.64. The molecule has 1 saturated carbocycles. The number of ether oxygens (including phenoxy) is 1. The van der Waals surface area contributed by atoms with E-state index in [0.29, 0.717) is 25.7 Å². The first kappa shape index (κ1) is 17.4. The summed E-state index contributed by atoms with van der Waals surface area (Å²) in [4.78, 5) is 11.5. The summed E-state index contributed by atoms with van der Waals surface area (Å²) in [6, 6.07) is -0.143. The molecule has 1 fully saturated rings. The van der Waals surface area contributed by atoms with Gasteiger partial charge in [-0.3, -0.25) is 4.21 Å². The predicted molar refractivity (Wildman–Crippen MR) is 73.5 cm³/mol. The van der Waals surface area contributed by atoms with Crippen LogP contribution in [0.25, 0.3) is 0 Å². The molecule has 0 aromatic heterocycles. The van der Waals surface area contributed by atoms with E-state index in [9.17, 15) is 18.7 Å². The van der Waals surface area contributed by atoms with Crippen LogP contribution in [0.4, 0.5) is 4.79 Å². The van der Waals surface area contributed by atoms with E-state index in [1.165, 1.54) is 0 Å². The van der Waals surface area contributed by atoms with Crippen LogP contribution in [0.3, 0.4) is 0 Å². The zero-order valence-electron chi connectivity index (χ0n) is 12.1. The van der Waals surface area contributed by atoms with E-state index < -0.39 is 28.6 Å². The second-order valence-electron chi connectivity index (χ2n) is 6.21. The monoisotopic (exact) mass is 307 g/mol. The van der Waals surface area contributed by atoms with Crippen LogP contribution in [0.15, 0.2) is 0 Å². The van der Waals surface area contributed by atoms with E-state index in [4.69, 9.17) is 4.74 Å². The Morgan fingerprint density at radius 2 is 2.00 bits per heavy atom. The van der Waals surface area contributed by atoms with Crippen molar-refractivity contribution in [1.82, 2.24) is 10.0 Å². The van der Waals surface area contributed by atoms with Crippen molar-refractivity contribution in [2.45, 2.75) is 63.7 Å². The van der Waals surface area contributed by atoms with Crippen molar-refractivity contribution in [2.24, 2.45) is 0 Å². The Kier molecular flexibility index (Phi) is 5.93. The number of carbonyl (C=O) groups is 1. The van der Waals surface area contributed by atoms with Crippen LogP contribution in [0, 0.1) is 0 Å². The minimum atomic E-state index is -2.28. The van der Waals surface area contributed by atoms with Crippen LogP contribution < -0.4 is 10.0 Å². The van der Waals surface area contributed by atoms with E-state index in [0.717, 1.165) is 0 Å². The van der Waals surface area contributed by atoms with E-state index in [2.05, 4.69) is 10.0 Å². The van der Waals surface area contributed by atoms with Gasteiger partial charge in [0.05, 0.1) is 5.60 Å². The van der Waals surface area contributed by atoms with Crippen molar-refractivity contribution in [3.05, 3.63) is 0 Å². The summed E-state index contributed by atoms with van der Waals surface area (Å²) in [6.45, 7) is 5.40. The van der Waals surface area contributed by atoms with Gasteiger partial charge in [-0.25, -0.2) is 9.52 Å². The molecule has 0 aromatic carbocycles. The number of aliphatic hydroxyl groups is 1. The molecule has 3 N–H and O–H groups in total. The van der Waals surface area contributed by atoms with Crippen molar-refractivity contribution in [3.63, 3.8) is 0 Å². The number of alkyl carbamates (subject to hydrolysis) is 1. The summed E-state index contributed by atoms with van der Waals surface area (Å²) in [5.74, 6) is 0. The number of carbonyl (C=O) groups excluding carboxylic acids is 1. The maximum absolute atomic E-state index is 11.5. The molecule has 0 aromatic rings. The van der Waals surface area contributed by atoms with E-state index in [1.54, 1.807) is 20.8 Å². The van der Waals surface area contributed by atoms with Crippen molar-refractivity contribution in [1.29, 1.82) is 0 Å². The molecule has 1 aliphatic carbocycles. The third-order valence-corrected chi connectivity index (χ3v) is 3.67. The summed E-state index contributed by atoms with van der Waals surface area (Å²) >= 11 is -2.28. The van der Waals surface area contributed by atoms with E-state index >= 15 is 0 Å². The zero-order chi connectivity index (χ0) is 15.4. The lowest BCUT2D eigenvalue weighted by molar-refractivity contribution is -0.00602. The highest BCUT2D eigenvalue weighted by Crippen LogP contribution is 2.28. The molecule has 1 rings (SSSR count). The molecule has 0 spiro atoms. The third kappa shape index (κ3) is 6.65. The second kappa shape index (κ2) is 6.84. The van der Waals surface area contributed by atoms with E-state index in [1.807, 2.05) is 0 Å². The van der Waals surface area contributed by atoms with E-state index in [-0.39, 0.29) is 12.6 Å². The van der Waals surface area contributed by atoms with Gasteiger partial charge in [-0.05, 0) is 46.5 Å². The van der Waals surface area contributed by atoms with Crippen molar-refractivity contribution in [3.8, 4) is 0 Å². The molecule has 118 valence electrons. The lowest BCUT2D eigenvalue weighted by atomic mass is 9.82. The Hall–Kier alpha value is -0.700. The Morgan fingerprint density at radius 1 is 1.45 bits per heavy atom. The number of rotatable bonds is 4. The van der Waals surface area contributed by atoms with Crippen LogP contribution in [0.2, 0.25) is 0 Å². The van der Waals surface area contributed by atoms with Gasteiger partial charge in [0.2, 0.25) is 0 Å². The van der Waals surface area contributed by atoms with Gasteiger partial charge < -0.3 is 19.7 Å². The number of nitrogens with one attached hydrogen (secondary N) is 2. The smallest absolute Gasteiger partial charge is 0.407 e. The van der Waals surface area contributed by atoms with Crippen LogP contribution in [-0.4, -0.2) is 43.8 Å². The average Bonchev–Trinajstić information content (AvgIpc) is 2.27. The molecule has 1 unspecified atom stereocenters. The lowest BCUT2D eigenvalue weighted by Crippen LogP contribution is -2.49. The summed E-state index contributed by atoms with van der Waals surface area (Å²) in [5, 5.41) is 12.9. The van der Waals surface area contributed by atoms with Crippen molar-refractivity contribution < 1.29 is 23.4 Å². The molecule has 0 bridgehead atoms. The average molecular weight is 307 g/mol. The van der Waals surface area contributed by atoms with Crippen LogP contribution in [0.5, 0.6) is 0 Å². The summed E-state index contributed by atoms with van der Waals surface area (Å²) < 4.78 is 28.6. The fraction of sp³-hybridized carbons (Fsp3) is 0.917. The Bertz CT molecular complexity index is 361. The molecule has 0 saturated heterocycles. The Labute approximate surface area is 121 Å². The van der Waals surface area contributed by atoms with Gasteiger partial charge in [-0.1, -0.05) is 0 Å². The van der Waals surface area contributed by atoms with Crippen molar-refractivity contribution in [2.75, 3.05) is 6.54 Å². The van der Waals surface area contributed by atoms with Gasteiger partial charge in [0, 0.05) is 23.9 Å². The van der Waals surface area contributed by atoms with Gasteiger partial charge in [0.25, 0.3) is 0 Å². The predicted octanol–water partition coefficient (Wildman–Crippen LogP) is 0.568. The first-order chi connectivity index (χ1) is 9.10. The molecule has 0 aliphatic heterocycles. The van der Waals surface area contributed by atoms with Crippen LogP contribution >= 0.6 is 0 Å². The summed E-state index contributed by atoms with van der Waals surface area (Å²) in [6.07, 6.45) is 1.38. The minimum Gasteiger partial charge on any atom is -0.760 e. The molecule has 7 nitrogen and oxygen atoms in total. The first-order valence-corrected chi connectivity index (χ1v) is 7.72. The molecular formula is C12H23N2O5S-. The van der Waals surface area contributed by atoms with Gasteiger partial charge in [0.15, 0.2) is 0 Å². The molecule has 1 atom stereocenters. The topological polar surface area (TPSA) is 111 Å². The molecule has 0 heterocycles. The highest BCUT2D eigenvalue weighted by Gasteiger charge is 2.34. The molecule has 0 radical (unpaired) electrons. The van der Waals surface area contributed by atoms with Gasteiger partial charge >= 0.3 is 6.09 Å². The van der Waals surface area contributed by atoms with Crippen molar-refractivity contribution >= 4 is 17.4 Å². The number of hydrogen-bond donors (Lipinski definition) is 3. The van der Waals surface area contributed by atoms with Gasteiger partial charge in [-0.2, -0.15) is 0 Å². The Morgan fingerprint density at radius 3 is 2.45 bits per heavy atom. The van der Waals surface area contributed by atoms with Crippen LogP contribution in [0.1, 0.15) is 46.5 Å². The highest BCUT2D eigenvalue weighted by molar-refractivity contribution is 7.77. The standard InChI is InChI=1S/C12H24N2O5S/c1-11(2,3)19-10(15)13-8-12(16)6-4-9(5-7-12)14-20(17)18/h9,14,16H,4-8H2,1-3H3,(H,13,15)(H,17,18)/p-1. The molecule has 1 amide bonds. The second-order valence-corrected chi connectivity index (χ2v) is 6.91. The normalized spacial score (nSPS) is 28.8. The molecule has 8 heteroatoms. The maximum Gasteiger partial charge on any atom is 0.407 e. The minimum absolute atomic E-state index is 0.106. The molecule has 20 heavy (non-hydrogen) atoms. The third-order valence-electron chi connectivity index (χ3n) is 3.14. The van der Waals surface area contributed by atoms with Gasteiger partial charge in [-0.15, -0.1) is 0 Å². The Balaban J connectivity index is 2.34. The fourth-order valence-electron chi connectivity index (χ4n) is 2.14. The number of amides is 1. The summed E-state index contributed by atoms with van der Waals surface area (Å²) in [7, 11) is 0. The molecule has 1 aliphatic rings. The highest BCUT2D eigenvalue weighted by atomic mass is 32.2. The zero-order valence-corrected chi connectivity index (χ0v) is 12.9. The van der Waals surface area contributed by atoms with Gasteiger partial charge in [0.1, 0.15) is 5.60 Å². The van der Waals surface area contributed by atoms with Crippen LogP contribution in [-0.2, 0) is 16.0 Å². The molecular weight excluding hydrogens is 284 g/mol. The fourth-order valence-corrected chi connectivity index (χ4v) is 2.64. The largest absolute Gasteiger partial charge is 0.760 e. The summed E-state index contributed by atoms with van der Waals surface area (Å²) in [5.41, 5.74) is -1.58. The maximum atomic E-state index is 11.5. The SMILES string of the molecule is CC(C)(C)OC(=O)NCC1(O)CCC(NS(=O)[O-])CC1. The number of hydrogen-bond acceptors (Lipinski definition) is 5.